The summed E-state index contributed by atoms with van der Waals surface area (Å²) >= 11 is 0. The molecular weight excluding hydrogens is 256 g/mol. The van der Waals surface area contributed by atoms with Crippen molar-refractivity contribution in [2.45, 2.75) is 0 Å². The third-order valence-electron chi connectivity index (χ3n) is 2.75. The average molecular weight is 262 g/mol. The number of aromatic nitrogens is 8. The van der Waals surface area contributed by atoms with E-state index >= 15 is 0 Å². The molecule has 0 aromatic carbocycles. The van der Waals surface area contributed by atoms with Crippen molar-refractivity contribution < 1.29 is 0 Å². The summed E-state index contributed by atoms with van der Waals surface area (Å²) in [7, 11) is 0. The average Bonchev–Trinajstić information content (AvgIpc) is 3.13. The van der Waals surface area contributed by atoms with Crippen molar-refractivity contribution in [2.24, 2.45) is 0 Å². The van der Waals surface area contributed by atoms with Crippen molar-refractivity contribution in [1.29, 1.82) is 0 Å². The van der Waals surface area contributed by atoms with Crippen molar-refractivity contribution in [2.75, 3.05) is 0 Å². The first-order valence-corrected chi connectivity index (χ1v) is 5.72. The van der Waals surface area contributed by atoms with Gasteiger partial charge in [0.25, 0.3) is 0 Å². The normalized spacial score (nSPS) is 10.6. The molecular formula is C12H6N8. The highest BCUT2D eigenvalue weighted by atomic mass is 15.0. The van der Waals surface area contributed by atoms with E-state index in [4.69, 9.17) is 0 Å². The molecule has 0 aliphatic rings. The molecule has 4 aromatic heterocycles. The van der Waals surface area contributed by atoms with Gasteiger partial charge in [-0.2, -0.15) is 0 Å². The van der Waals surface area contributed by atoms with Crippen LogP contribution in [-0.2, 0) is 0 Å². The van der Waals surface area contributed by atoms with E-state index in [0.717, 1.165) is 0 Å². The van der Waals surface area contributed by atoms with Gasteiger partial charge in [0.2, 0.25) is 0 Å². The van der Waals surface area contributed by atoms with Gasteiger partial charge in [-0.1, -0.05) is 0 Å². The number of hydrogen-bond acceptors (Lipinski definition) is 6. The van der Waals surface area contributed by atoms with Gasteiger partial charge >= 0.3 is 0 Å². The lowest BCUT2D eigenvalue weighted by molar-refractivity contribution is 1.17. The summed E-state index contributed by atoms with van der Waals surface area (Å²) in [5.74, 6) is 5.92. The molecule has 0 amide bonds. The largest absolute Gasteiger partial charge is 0.341 e. The molecule has 94 valence electrons. The molecule has 8 heteroatoms. The molecule has 0 saturated carbocycles. The molecule has 0 unspecified atom stereocenters. The van der Waals surface area contributed by atoms with Crippen LogP contribution in [0.25, 0.3) is 22.3 Å². The zero-order chi connectivity index (χ0) is 13.4. The summed E-state index contributed by atoms with van der Waals surface area (Å²) < 4.78 is 0. The third-order valence-corrected chi connectivity index (χ3v) is 2.75. The lowest BCUT2D eigenvalue weighted by Gasteiger charge is -1.92. The number of imidazole rings is 2. The summed E-state index contributed by atoms with van der Waals surface area (Å²) in [5, 5.41) is 0. The summed E-state index contributed by atoms with van der Waals surface area (Å²) in [6, 6.07) is 0. The minimum Gasteiger partial charge on any atom is -0.341 e. The molecule has 4 rings (SSSR count). The molecule has 20 heavy (non-hydrogen) atoms. The molecule has 0 bridgehead atoms. The highest BCUT2D eigenvalue weighted by Gasteiger charge is 2.04. The van der Waals surface area contributed by atoms with Crippen LogP contribution in [-0.4, -0.2) is 39.9 Å². The van der Waals surface area contributed by atoms with Gasteiger partial charge in [0, 0.05) is 0 Å². The fourth-order valence-electron chi connectivity index (χ4n) is 1.84. The second kappa shape index (κ2) is 4.10. The maximum Gasteiger partial charge on any atom is 0.181 e. The van der Waals surface area contributed by atoms with Crippen molar-refractivity contribution in [3.05, 3.63) is 36.7 Å². The molecule has 0 spiro atoms. The second-order valence-corrected chi connectivity index (χ2v) is 3.90. The molecule has 0 saturated heterocycles. The molecule has 0 radical (unpaired) electrons. The number of H-pyrrole nitrogens is 2. The molecule has 4 aromatic rings. The number of aromatic amines is 2. The van der Waals surface area contributed by atoms with Crippen LogP contribution in [0, 0.1) is 11.8 Å². The molecule has 8 nitrogen and oxygen atoms in total. The number of nitrogens with one attached hydrogen (secondary N) is 2. The van der Waals surface area contributed by atoms with Crippen LogP contribution in [0.2, 0.25) is 0 Å². The summed E-state index contributed by atoms with van der Waals surface area (Å²) in [4.78, 5) is 30.4. The van der Waals surface area contributed by atoms with Gasteiger partial charge in [0.1, 0.15) is 35.1 Å². The van der Waals surface area contributed by atoms with Crippen LogP contribution in [0.15, 0.2) is 25.3 Å². The predicted molar refractivity (Wildman–Crippen MR) is 69.3 cm³/mol. The quantitative estimate of drug-likeness (QED) is 0.444. The predicted octanol–water partition coefficient (Wildman–Crippen LogP) is 0.419. The fourth-order valence-corrected chi connectivity index (χ4v) is 1.84. The lowest BCUT2D eigenvalue weighted by atomic mass is 10.3. The number of fused-ring (bicyclic) bond motifs is 2. The second-order valence-electron chi connectivity index (χ2n) is 3.90. The fraction of sp³-hybridized carbons (Fsp3) is 0. The Balaban J connectivity index is 1.87. The van der Waals surface area contributed by atoms with Crippen LogP contribution < -0.4 is 0 Å². The van der Waals surface area contributed by atoms with E-state index in [1.54, 1.807) is 12.7 Å². The summed E-state index contributed by atoms with van der Waals surface area (Å²) in [5.41, 5.74) is 3.71. The molecule has 2 N–H and O–H groups in total. The Morgan fingerprint density at radius 2 is 1.15 bits per heavy atom. The Hall–Kier alpha value is -3.34. The van der Waals surface area contributed by atoms with E-state index in [1.165, 1.54) is 12.7 Å². The summed E-state index contributed by atoms with van der Waals surface area (Å²) in [6.07, 6.45) is 5.97. The van der Waals surface area contributed by atoms with Gasteiger partial charge in [-0.3, -0.25) is 0 Å². The highest BCUT2D eigenvalue weighted by Crippen LogP contribution is 2.10. The highest BCUT2D eigenvalue weighted by molar-refractivity contribution is 5.78. The van der Waals surface area contributed by atoms with E-state index < -0.39 is 0 Å². The first-order valence-electron chi connectivity index (χ1n) is 5.72. The van der Waals surface area contributed by atoms with E-state index in [2.05, 4.69) is 51.7 Å². The SMILES string of the molecule is C(#Cc1ncnc2nc[nH]c12)c1ncnc2nc[nH]c12. The van der Waals surface area contributed by atoms with Gasteiger partial charge in [-0.25, -0.2) is 29.9 Å². The van der Waals surface area contributed by atoms with Gasteiger partial charge in [-0.15, -0.1) is 0 Å². The molecule has 4 heterocycles. The number of nitrogens with zero attached hydrogens (tertiary/aromatic N) is 6. The smallest absolute Gasteiger partial charge is 0.181 e. The Morgan fingerprint density at radius 3 is 1.65 bits per heavy atom. The van der Waals surface area contributed by atoms with Crippen molar-refractivity contribution in [3.63, 3.8) is 0 Å². The van der Waals surface area contributed by atoms with Crippen molar-refractivity contribution in [1.82, 2.24) is 39.9 Å². The monoisotopic (exact) mass is 262 g/mol. The minimum atomic E-state index is 0.568. The number of rotatable bonds is 0. The standard InChI is InChI=1S/C12H6N8/c1(7-9-11(17-3-13-7)19-5-15-9)2-8-10-12(18-4-14-8)20-6-16-10/h3-6H,(H,13,15,17,19)(H,14,16,18,20). The van der Waals surface area contributed by atoms with E-state index in [0.29, 0.717) is 33.7 Å². The first-order chi connectivity index (χ1) is 9.92. The van der Waals surface area contributed by atoms with E-state index in [9.17, 15) is 0 Å². The Bertz CT molecular complexity index is 893. The van der Waals surface area contributed by atoms with Crippen LogP contribution in [0.4, 0.5) is 0 Å². The van der Waals surface area contributed by atoms with Crippen LogP contribution >= 0.6 is 0 Å². The van der Waals surface area contributed by atoms with Crippen LogP contribution in [0.3, 0.4) is 0 Å². The Labute approximate surface area is 111 Å². The van der Waals surface area contributed by atoms with Crippen LogP contribution in [0.1, 0.15) is 11.4 Å². The minimum absolute atomic E-state index is 0.568. The number of hydrogen-bond donors (Lipinski definition) is 2. The zero-order valence-corrected chi connectivity index (χ0v) is 9.99. The molecule has 0 atom stereocenters. The van der Waals surface area contributed by atoms with Crippen molar-refractivity contribution in [3.8, 4) is 11.8 Å². The molecule has 0 aliphatic heterocycles. The first kappa shape index (κ1) is 10.6. The Kier molecular flexibility index (Phi) is 2.17. The molecule has 0 aliphatic carbocycles. The maximum absolute atomic E-state index is 4.14. The van der Waals surface area contributed by atoms with E-state index in [1.807, 2.05) is 0 Å². The van der Waals surface area contributed by atoms with Gasteiger partial charge in [0.05, 0.1) is 12.7 Å². The van der Waals surface area contributed by atoms with E-state index in [-0.39, 0.29) is 0 Å². The van der Waals surface area contributed by atoms with Gasteiger partial charge < -0.3 is 9.97 Å². The summed E-state index contributed by atoms with van der Waals surface area (Å²) in [6.45, 7) is 0. The maximum atomic E-state index is 4.14. The topological polar surface area (TPSA) is 109 Å². The molecule has 0 fully saturated rings. The van der Waals surface area contributed by atoms with Crippen molar-refractivity contribution >= 4 is 22.3 Å². The van der Waals surface area contributed by atoms with Gasteiger partial charge in [0.15, 0.2) is 11.3 Å². The Morgan fingerprint density at radius 1 is 0.650 bits per heavy atom. The zero-order valence-electron chi connectivity index (χ0n) is 9.99. The third kappa shape index (κ3) is 1.58. The van der Waals surface area contributed by atoms with Crippen LogP contribution in [0.5, 0.6) is 0 Å². The lowest BCUT2D eigenvalue weighted by Crippen LogP contribution is -1.90. The van der Waals surface area contributed by atoms with Gasteiger partial charge in [-0.05, 0) is 11.8 Å².